The van der Waals surface area contributed by atoms with Crippen molar-refractivity contribution in [3.05, 3.63) is 144 Å². The van der Waals surface area contributed by atoms with Crippen molar-refractivity contribution in [1.29, 1.82) is 0 Å². The minimum Gasteiger partial charge on any atom is -0.374 e. The standard InChI is InChI=1S/C35H38O6/c1-35(36)34(40-25-30-20-12-5-13-21-30)33(39-24-29-18-10-4-11-19-29)32(38-23-28-16-8-3-9-17-28)31(41-35)26-37-22-27-14-6-2-7-15-27/h2-21,31-34,36H,22-26H2,1H3/t31?,32-,33?,34?,35?/m1/s1. The molecule has 1 saturated heterocycles. The van der Waals surface area contributed by atoms with Gasteiger partial charge in [-0.25, -0.2) is 0 Å². The minimum atomic E-state index is -1.65. The Morgan fingerprint density at radius 3 is 1.41 bits per heavy atom. The summed E-state index contributed by atoms with van der Waals surface area (Å²) in [5, 5.41) is 11.6. The summed E-state index contributed by atoms with van der Waals surface area (Å²) in [5.41, 5.74) is 4.08. The van der Waals surface area contributed by atoms with E-state index in [2.05, 4.69) is 0 Å². The number of hydrogen-bond donors (Lipinski definition) is 1. The SMILES string of the molecule is CC1(O)OC(COCc2ccccc2)[C@@H](OCc2ccccc2)C(OCc2ccccc2)C1OCc1ccccc1. The first-order chi connectivity index (χ1) is 20.1. The first-order valence-electron chi connectivity index (χ1n) is 14.1. The fourth-order valence-electron chi connectivity index (χ4n) is 5.05. The van der Waals surface area contributed by atoms with Crippen molar-refractivity contribution in [2.24, 2.45) is 0 Å². The first kappa shape index (κ1) is 29.1. The lowest BCUT2D eigenvalue weighted by molar-refractivity contribution is -0.363. The average molecular weight is 555 g/mol. The van der Waals surface area contributed by atoms with Crippen molar-refractivity contribution in [2.75, 3.05) is 6.61 Å². The third-order valence-electron chi connectivity index (χ3n) is 7.14. The van der Waals surface area contributed by atoms with Crippen LogP contribution in [0.4, 0.5) is 0 Å². The van der Waals surface area contributed by atoms with E-state index in [-0.39, 0.29) is 13.2 Å². The van der Waals surface area contributed by atoms with Crippen LogP contribution in [0.25, 0.3) is 0 Å². The van der Waals surface area contributed by atoms with Gasteiger partial charge in [0, 0.05) is 0 Å². The second kappa shape index (κ2) is 14.5. The molecule has 0 radical (unpaired) electrons. The lowest BCUT2D eigenvalue weighted by atomic mass is 9.92. The lowest BCUT2D eigenvalue weighted by Gasteiger charge is -2.49. The second-order valence-corrected chi connectivity index (χ2v) is 10.5. The van der Waals surface area contributed by atoms with Crippen molar-refractivity contribution >= 4 is 0 Å². The van der Waals surface area contributed by atoms with Gasteiger partial charge in [-0.1, -0.05) is 121 Å². The molecule has 4 aromatic rings. The molecule has 6 heteroatoms. The van der Waals surface area contributed by atoms with Gasteiger partial charge in [-0.05, 0) is 29.2 Å². The van der Waals surface area contributed by atoms with Crippen molar-refractivity contribution in [3.63, 3.8) is 0 Å². The van der Waals surface area contributed by atoms with Gasteiger partial charge in [0.15, 0.2) is 5.79 Å². The van der Waals surface area contributed by atoms with Crippen LogP contribution < -0.4 is 0 Å². The van der Waals surface area contributed by atoms with E-state index in [0.717, 1.165) is 22.3 Å². The molecule has 1 aliphatic rings. The van der Waals surface area contributed by atoms with Gasteiger partial charge < -0.3 is 28.8 Å². The van der Waals surface area contributed by atoms with Crippen LogP contribution in [0.1, 0.15) is 29.2 Å². The van der Waals surface area contributed by atoms with E-state index in [4.69, 9.17) is 23.7 Å². The Hall–Kier alpha value is -3.36. The van der Waals surface area contributed by atoms with Crippen LogP contribution in [0, 0.1) is 0 Å². The fraction of sp³-hybridized carbons (Fsp3) is 0.314. The quantitative estimate of drug-likeness (QED) is 0.217. The van der Waals surface area contributed by atoms with Gasteiger partial charge in [0.2, 0.25) is 0 Å². The summed E-state index contributed by atoms with van der Waals surface area (Å²) in [6.45, 7) is 3.22. The average Bonchev–Trinajstić information content (AvgIpc) is 3.01. The van der Waals surface area contributed by atoms with Crippen LogP contribution in [0.5, 0.6) is 0 Å². The van der Waals surface area contributed by atoms with E-state index in [1.807, 2.05) is 121 Å². The highest BCUT2D eigenvalue weighted by molar-refractivity contribution is 5.16. The van der Waals surface area contributed by atoms with E-state index < -0.39 is 30.2 Å². The lowest BCUT2D eigenvalue weighted by Crippen LogP contribution is -2.66. The second-order valence-electron chi connectivity index (χ2n) is 10.5. The van der Waals surface area contributed by atoms with Crippen LogP contribution in [-0.2, 0) is 50.1 Å². The Balaban J connectivity index is 1.39. The molecule has 0 aliphatic carbocycles. The highest BCUT2D eigenvalue weighted by atomic mass is 16.7. The normalized spacial score (nSPS) is 24.2. The molecule has 214 valence electrons. The van der Waals surface area contributed by atoms with Gasteiger partial charge in [-0.15, -0.1) is 0 Å². The van der Waals surface area contributed by atoms with Crippen molar-refractivity contribution in [1.82, 2.24) is 0 Å². The number of rotatable bonds is 13. The molecular formula is C35H38O6. The van der Waals surface area contributed by atoms with Crippen LogP contribution in [0.2, 0.25) is 0 Å². The summed E-state index contributed by atoms with van der Waals surface area (Å²) in [6.07, 6.45) is -2.64. The van der Waals surface area contributed by atoms with E-state index in [0.29, 0.717) is 19.8 Å². The summed E-state index contributed by atoms with van der Waals surface area (Å²) in [7, 11) is 0. The number of aliphatic hydroxyl groups is 1. The Morgan fingerprint density at radius 1 is 0.561 bits per heavy atom. The van der Waals surface area contributed by atoms with Gasteiger partial charge in [-0.2, -0.15) is 0 Å². The summed E-state index contributed by atoms with van der Waals surface area (Å²) in [6, 6.07) is 39.8. The number of hydrogen-bond acceptors (Lipinski definition) is 6. The predicted molar refractivity (Wildman–Crippen MR) is 157 cm³/mol. The molecule has 0 aromatic heterocycles. The molecule has 0 spiro atoms. The maximum atomic E-state index is 11.6. The molecule has 5 rings (SSSR count). The van der Waals surface area contributed by atoms with Gasteiger partial charge >= 0.3 is 0 Å². The first-order valence-corrected chi connectivity index (χ1v) is 14.1. The van der Waals surface area contributed by atoms with Gasteiger partial charge in [-0.3, -0.25) is 0 Å². The number of ether oxygens (including phenoxy) is 5. The van der Waals surface area contributed by atoms with Crippen LogP contribution in [-0.4, -0.2) is 41.9 Å². The highest BCUT2D eigenvalue weighted by Gasteiger charge is 2.54. The largest absolute Gasteiger partial charge is 0.374 e. The van der Waals surface area contributed by atoms with Gasteiger partial charge in [0.25, 0.3) is 0 Å². The van der Waals surface area contributed by atoms with Crippen molar-refractivity contribution in [3.8, 4) is 0 Å². The van der Waals surface area contributed by atoms with E-state index in [1.165, 1.54) is 0 Å². The topological polar surface area (TPSA) is 66.4 Å². The monoisotopic (exact) mass is 554 g/mol. The smallest absolute Gasteiger partial charge is 0.192 e. The molecule has 41 heavy (non-hydrogen) atoms. The van der Waals surface area contributed by atoms with E-state index in [9.17, 15) is 5.11 Å². The third kappa shape index (κ3) is 8.33. The van der Waals surface area contributed by atoms with Crippen molar-refractivity contribution < 1.29 is 28.8 Å². The van der Waals surface area contributed by atoms with E-state index in [1.54, 1.807) is 6.92 Å². The number of benzene rings is 4. The summed E-state index contributed by atoms with van der Waals surface area (Å²) < 4.78 is 31.9. The van der Waals surface area contributed by atoms with Crippen LogP contribution >= 0.6 is 0 Å². The molecule has 4 aromatic carbocycles. The molecule has 1 aliphatic heterocycles. The molecule has 0 amide bonds. The molecular weight excluding hydrogens is 516 g/mol. The Kier molecular flexibility index (Phi) is 10.3. The molecule has 1 fully saturated rings. The summed E-state index contributed by atoms with van der Waals surface area (Å²) in [4.78, 5) is 0. The molecule has 5 atom stereocenters. The van der Waals surface area contributed by atoms with Gasteiger partial charge in [0.1, 0.15) is 24.4 Å². The minimum absolute atomic E-state index is 0.209. The molecule has 0 saturated carbocycles. The molecule has 0 bridgehead atoms. The zero-order chi connectivity index (χ0) is 28.3. The Morgan fingerprint density at radius 2 is 0.951 bits per heavy atom. The van der Waals surface area contributed by atoms with Gasteiger partial charge in [0.05, 0.1) is 33.0 Å². The Bertz CT molecular complexity index is 1280. The summed E-state index contributed by atoms with van der Waals surface area (Å²) >= 11 is 0. The maximum Gasteiger partial charge on any atom is 0.192 e. The van der Waals surface area contributed by atoms with Crippen LogP contribution in [0.3, 0.4) is 0 Å². The van der Waals surface area contributed by atoms with Crippen LogP contribution in [0.15, 0.2) is 121 Å². The third-order valence-corrected chi connectivity index (χ3v) is 7.14. The maximum absolute atomic E-state index is 11.6. The van der Waals surface area contributed by atoms with E-state index >= 15 is 0 Å². The molecule has 4 unspecified atom stereocenters. The Labute approximate surface area is 242 Å². The summed E-state index contributed by atoms with van der Waals surface area (Å²) in [5.74, 6) is -1.65. The zero-order valence-electron chi connectivity index (χ0n) is 23.4. The predicted octanol–water partition coefficient (Wildman–Crippen LogP) is 6.07. The highest BCUT2D eigenvalue weighted by Crippen LogP contribution is 2.35. The molecule has 1 heterocycles. The fourth-order valence-corrected chi connectivity index (χ4v) is 5.05. The molecule has 1 N–H and O–H groups in total. The molecule has 6 nitrogen and oxygen atoms in total. The zero-order valence-corrected chi connectivity index (χ0v) is 23.4. The van der Waals surface area contributed by atoms with Crippen molar-refractivity contribution in [2.45, 2.75) is 63.6 Å².